The fourth-order valence-electron chi connectivity index (χ4n) is 2.82. The van der Waals surface area contributed by atoms with Gasteiger partial charge >= 0.3 is 0 Å². The van der Waals surface area contributed by atoms with Crippen molar-refractivity contribution < 1.29 is 0 Å². The number of anilines is 1. The summed E-state index contributed by atoms with van der Waals surface area (Å²) in [5.41, 5.74) is 1.98. The molecule has 0 saturated heterocycles. The minimum atomic E-state index is 0.452. The van der Waals surface area contributed by atoms with Gasteiger partial charge in [-0.3, -0.25) is 0 Å². The van der Waals surface area contributed by atoms with Crippen LogP contribution in [0.4, 0.5) is 5.69 Å². The van der Waals surface area contributed by atoms with Crippen molar-refractivity contribution in [1.29, 1.82) is 0 Å². The summed E-state index contributed by atoms with van der Waals surface area (Å²) >= 11 is 6.35. The Kier molecular flexibility index (Phi) is 3.97. The van der Waals surface area contributed by atoms with Gasteiger partial charge in [-0.25, -0.2) is 4.68 Å². The number of para-hydroxylation sites is 1. The molecule has 1 aliphatic carbocycles. The van der Waals surface area contributed by atoms with Crippen LogP contribution >= 0.6 is 11.6 Å². The summed E-state index contributed by atoms with van der Waals surface area (Å²) in [5, 5.41) is 8.61. The van der Waals surface area contributed by atoms with Gasteiger partial charge in [0, 0.05) is 18.4 Å². The summed E-state index contributed by atoms with van der Waals surface area (Å²) in [5.74, 6) is 0.893. The van der Waals surface area contributed by atoms with Crippen molar-refractivity contribution in [3.8, 4) is 5.69 Å². The fraction of sp³-hybridized carbons (Fsp3) is 0.438. The Labute approximate surface area is 124 Å². The smallest absolute Gasteiger partial charge is 0.106 e. The van der Waals surface area contributed by atoms with Crippen LogP contribution in [-0.4, -0.2) is 15.8 Å². The topological polar surface area (TPSA) is 29.9 Å². The van der Waals surface area contributed by atoms with E-state index in [2.05, 4.69) is 23.4 Å². The van der Waals surface area contributed by atoms with Crippen LogP contribution in [0.3, 0.4) is 0 Å². The maximum absolute atomic E-state index is 6.35. The molecule has 106 valence electrons. The molecule has 0 spiro atoms. The molecule has 0 bridgehead atoms. The van der Waals surface area contributed by atoms with Gasteiger partial charge in [-0.2, -0.15) is 5.10 Å². The van der Waals surface area contributed by atoms with Crippen molar-refractivity contribution in [3.05, 3.63) is 41.7 Å². The molecule has 0 aliphatic heterocycles. The molecule has 1 saturated carbocycles. The summed E-state index contributed by atoms with van der Waals surface area (Å²) < 4.78 is 1.82. The molecule has 4 heteroatoms. The molecule has 0 amide bonds. The van der Waals surface area contributed by atoms with E-state index in [1.165, 1.54) is 25.7 Å². The van der Waals surface area contributed by atoms with E-state index >= 15 is 0 Å². The van der Waals surface area contributed by atoms with E-state index in [4.69, 9.17) is 11.6 Å². The first kappa shape index (κ1) is 13.5. The minimum Gasteiger partial charge on any atom is -0.381 e. The van der Waals surface area contributed by atoms with Crippen molar-refractivity contribution in [3.63, 3.8) is 0 Å². The molecule has 1 aromatic carbocycles. The predicted octanol–water partition coefficient (Wildman–Crippen LogP) is 4.52. The molecule has 3 nitrogen and oxygen atoms in total. The number of benzene rings is 1. The largest absolute Gasteiger partial charge is 0.381 e. The number of halogens is 1. The highest BCUT2D eigenvalue weighted by Crippen LogP contribution is 2.33. The Hall–Kier alpha value is -1.48. The molecular weight excluding hydrogens is 270 g/mol. The zero-order valence-electron chi connectivity index (χ0n) is 11.7. The first-order valence-corrected chi connectivity index (χ1v) is 7.67. The average Bonchev–Trinajstić information content (AvgIpc) is 2.88. The van der Waals surface area contributed by atoms with Gasteiger partial charge in [-0.1, -0.05) is 36.9 Å². The van der Waals surface area contributed by atoms with Gasteiger partial charge in [-0.05, 0) is 37.5 Å². The Balaban J connectivity index is 1.80. The first-order valence-electron chi connectivity index (χ1n) is 7.29. The second-order valence-electron chi connectivity index (χ2n) is 5.66. The van der Waals surface area contributed by atoms with Crippen LogP contribution in [0.5, 0.6) is 0 Å². The second kappa shape index (κ2) is 5.88. The van der Waals surface area contributed by atoms with Crippen LogP contribution in [0.1, 0.15) is 32.6 Å². The van der Waals surface area contributed by atoms with Gasteiger partial charge in [0.1, 0.15) is 5.69 Å². The van der Waals surface area contributed by atoms with Gasteiger partial charge in [0.15, 0.2) is 0 Å². The van der Waals surface area contributed by atoms with E-state index in [1.54, 1.807) is 6.20 Å². The average molecular weight is 290 g/mol. The van der Waals surface area contributed by atoms with Crippen LogP contribution < -0.4 is 5.32 Å². The third-order valence-corrected chi connectivity index (χ3v) is 4.34. The summed E-state index contributed by atoms with van der Waals surface area (Å²) in [7, 11) is 0. The van der Waals surface area contributed by atoms with Crippen molar-refractivity contribution in [2.75, 3.05) is 5.32 Å². The predicted molar refractivity (Wildman–Crippen MR) is 83.6 cm³/mol. The number of hydrogen-bond donors (Lipinski definition) is 1. The van der Waals surface area contributed by atoms with Crippen LogP contribution in [0.25, 0.3) is 5.69 Å². The number of hydrogen-bond acceptors (Lipinski definition) is 2. The van der Waals surface area contributed by atoms with Crippen LogP contribution in [0.2, 0.25) is 5.02 Å². The number of nitrogens with one attached hydrogen (secondary N) is 1. The lowest BCUT2D eigenvalue weighted by molar-refractivity contribution is 0.286. The highest BCUT2D eigenvalue weighted by Gasteiger charge is 2.20. The van der Waals surface area contributed by atoms with Crippen LogP contribution in [0, 0.1) is 5.92 Å². The van der Waals surface area contributed by atoms with Gasteiger partial charge in [0.2, 0.25) is 0 Å². The lowest BCUT2D eigenvalue weighted by Crippen LogP contribution is -2.24. The SMILES string of the molecule is CC(CC1CCC1)Nc1cccc(Cl)c1-n1cccn1. The molecule has 1 aromatic heterocycles. The van der Waals surface area contributed by atoms with Crippen molar-refractivity contribution >= 4 is 17.3 Å². The van der Waals surface area contributed by atoms with Crippen molar-refractivity contribution in [2.45, 2.75) is 38.6 Å². The van der Waals surface area contributed by atoms with Crippen molar-refractivity contribution in [1.82, 2.24) is 9.78 Å². The third-order valence-electron chi connectivity index (χ3n) is 4.03. The Bertz CT molecular complexity index is 561. The summed E-state index contributed by atoms with van der Waals surface area (Å²) in [6, 6.07) is 8.31. The van der Waals surface area contributed by atoms with E-state index in [0.29, 0.717) is 6.04 Å². The maximum atomic E-state index is 6.35. The Morgan fingerprint density at radius 1 is 1.40 bits per heavy atom. The van der Waals surface area contributed by atoms with E-state index in [0.717, 1.165) is 22.3 Å². The van der Waals surface area contributed by atoms with Crippen molar-refractivity contribution in [2.24, 2.45) is 5.92 Å². The van der Waals surface area contributed by atoms with E-state index in [1.807, 2.05) is 29.1 Å². The molecule has 3 rings (SSSR count). The quantitative estimate of drug-likeness (QED) is 0.877. The standard InChI is InChI=1S/C16H20ClN3/c1-12(11-13-5-2-6-13)19-15-8-3-7-14(17)16(15)20-10-4-9-18-20/h3-4,7-10,12-13,19H,2,5-6,11H2,1H3. The highest BCUT2D eigenvalue weighted by atomic mass is 35.5. The lowest BCUT2D eigenvalue weighted by Gasteiger charge is -2.29. The molecule has 1 N–H and O–H groups in total. The van der Waals surface area contributed by atoms with Gasteiger partial charge in [-0.15, -0.1) is 0 Å². The highest BCUT2D eigenvalue weighted by molar-refractivity contribution is 6.33. The summed E-state index contributed by atoms with van der Waals surface area (Å²) in [6.07, 6.45) is 9.08. The molecule has 1 aliphatic rings. The number of aromatic nitrogens is 2. The summed E-state index contributed by atoms with van der Waals surface area (Å²) in [6.45, 7) is 2.24. The molecule has 1 atom stereocenters. The first-order chi connectivity index (χ1) is 9.74. The maximum Gasteiger partial charge on any atom is 0.106 e. The molecule has 1 unspecified atom stereocenters. The normalized spacial score (nSPS) is 16.7. The molecule has 0 radical (unpaired) electrons. The van der Waals surface area contributed by atoms with E-state index < -0.39 is 0 Å². The zero-order valence-corrected chi connectivity index (χ0v) is 12.5. The molecule has 2 aromatic rings. The van der Waals surface area contributed by atoms with Gasteiger partial charge < -0.3 is 5.32 Å². The molecule has 1 fully saturated rings. The van der Waals surface area contributed by atoms with Gasteiger partial charge in [0.25, 0.3) is 0 Å². The summed E-state index contributed by atoms with van der Waals surface area (Å²) in [4.78, 5) is 0. The zero-order chi connectivity index (χ0) is 13.9. The fourth-order valence-corrected chi connectivity index (χ4v) is 3.08. The molecule has 1 heterocycles. The van der Waals surface area contributed by atoms with Crippen LogP contribution in [0.15, 0.2) is 36.7 Å². The van der Waals surface area contributed by atoms with E-state index in [9.17, 15) is 0 Å². The Morgan fingerprint density at radius 2 is 2.25 bits per heavy atom. The lowest BCUT2D eigenvalue weighted by atomic mass is 9.81. The third kappa shape index (κ3) is 2.83. The monoisotopic (exact) mass is 289 g/mol. The van der Waals surface area contributed by atoms with Crippen LogP contribution in [-0.2, 0) is 0 Å². The number of nitrogens with zero attached hydrogens (tertiary/aromatic N) is 2. The molecular formula is C16H20ClN3. The second-order valence-corrected chi connectivity index (χ2v) is 6.07. The minimum absolute atomic E-state index is 0.452. The van der Waals surface area contributed by atoms with Gasteiger partial charge in [0.05, 0.1) is 10.7 Å². The van der Waals surface area contributed by atoms with E-state index in [-0.39, 0.29) is 0 Å². The molecule has 20 heavy (non-hydrogen) atoms. The Morgan fingerprint density at radius 3 is 2.90 bits per heavy atom. The number of rotatable bonds is 5.